The lowest BCUT2D eigenvalue weighted by Gasteiger charge is -2.27. The molecule has 1 atom stereocenters. The second-order valence-electron chi connectivity index (χ2n) is 5.50. The first-order chi connectivity index (χ1) is 12.0. The van der Waals surface area contributed by atoms with Crippen LogP contribution in [0.5, 0.6) is 11.5 Å². The zero-order valence-corrected chi connectivity index (χ0v) is 15.4. The second kappa shape index (κ2) is 7.54. The van der Waals surface area contributed by atoms with Crippen LogP contribution in [0.2, 0.25) is 5.02 Å². The molecule has 0 saturated carbocycles. The minimum Gasteiger partial charge on any atom is -0.496 e. The molecule has 2 aromatic carbocycles. The first-order valence-electron chi connectivity index (χ1n) is 7.61. The molecule has 1 aliphatic rings. The van der Waals surface area contributed by atoms with Crippen LogP contribution in [-0.4, -0.2) is 30.8 Å². The van der Waals surface area contributed by atoms with Crippen molar-refractivity contribution >= 4 is 29.3 Å². The molecule has 1 heterocycles. The minimum atomic E-state index is -0.428. The Bertz CT molecular complexity index is 780. The highest BCUT2D eigenvalue weighted by atomic mass is 35.5. The van der Waals surface area contributed by atoms with E-state index in [9.17, 15) is 9.18 Å². The van der Waals surface area contributed by atoms with E-state index in [-0.39, 0.29) is 17.8 Å². The summed E-state index contributed by atoms with van der Waals surface area (Å²) in [5.74, 6) is 1.10. The van der Waals surface area contributed by atoms with Crippen LogP contribution in [0.1, 0.15) is 16.5 Å². The molecule has 2 aromatic rings. The van der Waals surface area contributed by atoms with Gasteiger partial charge in [-0.2, -0.15) is 0 Å². The maximum Gasteiger partial charge on any atom is 0.234 e. The molecule has 0 aliphatic carbocycles. The topological polar surface area (TPSA) is 38.8 Å². The van der Waals surface area contributed by atoms with Gasteiger partial charge in [-0.05, 0) is 24.3 Å². The molecule has 1 unspecified atom stereocenters. The largest absolute Gasteiger partial charge is 0.496 e. The Labute approximate surface area is 154 Å². The molecule has 132 valence electrons. The molecule has 0 aromatic heterocycles. The first kappa shape index (κ1) is 17.9. The molecule has 25 heavy (non-hydrogen) atoms. The number of amides is 1. The third kappa shape index (κ3) is 3.55. The van der Waals surface area contributed by atoms with Gasteiger partial charge in [0.25, 0.3) is 0 Å². The highest BCUT2D eigenvalue weighted by molar-refractivity contribution is 8.00. The number of halogens is 2. The van der Waals surface area contributed by atoms with Crippen LogP contribution in [0.15, 0.2) is 36.4 Å². The van der Waals surface area contributed by atoms with E-state index in [1.807, 2.05) is 18.2 Å². The molecular weight excluding hydrogens is 365 g/mol. The van der Waals surface area contributed by atoms with Crippen molar-refractivity contribution in [2.45, 2.75) is 11.9 Å². The Balaban J connectivity index is 1.98. The van der Waals surface area contributed by atoms with Crippen molar-refractivity contribution < 1.29 is 18.7 Å². The average molecular weight is 382 g/mol. The summed E-state index contributed by atoms with van der Waals surface area (Å²) in [6.45, 7) is 0.153. The fourth-order valence-electron chi connectivity index (χ4n) is 2.82. The number of methoxy groups -OCH3 is 2. The van der Waals surface area contributed by atoms with E-state index < -0.39 is 5.82 Å². The number of hydrogen-bond acceptors (Lipinski definition) is 4. The van der Waals surface area contributed by atoms with Crippen LogP contribution < -0.4 is 9.47 Å². The van der Waals surface area contributed by atoms with Crippen LogP contribution in [0.25, 0.3) is 0 Å². The fraction of sp³-hybridized carbons (Fsp3) is 0.278. The Kier molecular flexibility index (Phi) is 5.39. The number of benzene rings is 2. The zero-order valence-electron chi connectivity index (χ0n) is 13.8. The van der Waals surface area contributed by atoms with Gasteiger partial charge in [-0.25, -0.2) is 4.39 Å². The minimum absolute atomic E-state index is 0.0580. The summed E-state index contributed by atoms with van der Waals surface area (Å²) in [6.07, 6.45) is 0. The quantitative estimate of drug-likeness (QED) is 0.775. The standard InChI is InChI=1S/C18H17ClFNO3S/c1-23-14-4-3-5-15(24-2)17(14)18-21(16(22)10-25-18)9-11-6-7-12(19)8-13(11)20/h3-8,18H,9-10H2,1-2H3. The van der Waals surface area contributed by atoms with Crippen molar-refractivity contribution in [3.63, 3.8) is 0 Å². The van der Waals surface area contributed by atoms with E-state index >= 15 is 0 Å². The third-order valence-electron chi connectivity index (χ3n) is 4.04. The predicted octanol–water partition coefficient (Wildman–Crippen LogP) is 4.27. The number of rotatable bonds is 5. The van der Waals surface area contributed by atoms with Gasteiger partial charge in [0.2, 0.25) is 5.91 Å². The molecular formula is C18H17ClFNO3S. The Hall–Kier alpha value is -1.92. The van der Waals surface area contributed by atoms with E-state index in [2.05, 4.69) is 0 Å². The van der Waals surface area contributed by atoms with Gasteiger partial charge in [-0.15, -0.1) is 11.8 Å². The zero-order chi connectivity index (χ0) is 18.0. The summed E-state index contributed by atoms with van der Waals surface area (Å²) in [7, 11) is 3.14. The van der Waals surface area contributed by atoms with Gasteiger partial charge in [-0.3, -0.25) is 4.79 Å². The molecule has 1 aliphatic heterocycles. The fourth-order valence-corrected chi connectivity index (χ4v) is 4.22. The van der Waals surface area contributed by atoms with Gasteiger partial charge < -0.3 is 14.4 Å². The van der Waals surface area contributed by atoms with Crippen LogP contribution in [0.3, 0.4) is 0 Å². The third-order valence-corrected chi connectivity index (χ3v) is 5.49. The predicted molar refractivity (Wildman–Crippen MR) is 96.7 cm³/mol. The summed E-state index contributed by atoms with van der Waals surface area (Å²) in [5.41, 5.74) is 1.19. The lowest BCUT2D eigenvalue weighted by Crippen LogP contribution is -2.28. The lowest BCUT2D eigenvalue weighted by molar-refractivity contribution is -0.128. The molecule has 1 saturated heterocycles. The number of ether oxygens (including phenoxy) is 2. The molecule has 4 nitrogen and oxygen atoms in total. The van der Waals surface area contributed by atoms with Crippen molar-refractivity contribution in [3.05, 3.63) is 58.4 Å². The normalized spacial score (nSPS) is 17.0. The van der Waals surface area contributed by atoms with E-state index in [0.29, 0.717) is 27.8 Å². The molecule has 3 rings (SSSR count). The summed E-state index contributed by atoms with van der Waals surface area (Å²) >= 11 is 7.28. The van der Waals surface area contributed by atoms with Crippen LogP contribution in [0.4, 0.5) is 4.39 Å². The molecule has 1 fully saturated rings. The van der Waals surface area contributed by atoms with E-state index in [0.717, 1.165) is 5.56 Å². The Morgan fingerprint density at radius 3 is 2.52 bits per heavy atom. The van der Waals surface area contributed by atoms with Gasteiger partial charge in [0.15, 0.2) is 0 Å². The Morgan fingerprint density at radius 1 is 1.24 bits per heavy atom. The number of carbonyl (C=O) groups is 1. The van der Waals surface area contributed by atoms with Gasteiger partial charge >= 0.3 is 0 Å². The van der Waals surface area contributed by atoms with Gasteiger partial charge in [-0.1, -0.05) is 23.7 Å². The van der Waals surface area contributed by atoms with E-state index in [1.165, 1.54) is 17.8 Å². The smallest absolute Gasteiger partial charge is 0.234 e. The van der Waals surface area contributed by atoms with Gasteiger partial charge in [0, 0.05) is 10.6 Å². The summed E-state index contributed by atoms with van der Waals surface area (Å²) in [4.78, 5) is 14.1. The maximum atomic E-state index is 14.2. The van der Waals surface area contributed by atoms with Gasteiger partial charge in [0.1, 0.15) is 22.7 Å². The van der Waals surface area contributed by atoms with Crippen molar-refractivity contribution in [2.75, 3.05) is 20.0 Å². The number of hydrogen-bond donors (Lipinski definition) is 0. The van der Waals surface area contributed by atoms with Crippen molar-refractivity contribution in [2.24, 2.45) is 0 Å². The van der Waals surface area contributed by atoms with Crippen molar-refractivity contribution in [3.8, 4) is 11.5 Å². The summed E-state index contributed by atoms with van der Waals surface area (Å²) in [6, 6.07) is 9.94. The maximum absolute atomic E-state index is 14.2. The van der Waals surface area contributed by atoms with E-state index in [1.54, 1.807) is 31.3 Å². The molecule has 0 radical (unpaired) electrons. The first-order valence-corrected chi connectivity index (χ1v) is 9.03. The number of thioether (sulfide) groups is 1. The SMILES string of the molecule is COc1cccc(OC)c1C1SCC(=O)N1Cc1ccc(Cl)cc1F. The number of nitrogens with zero attached hydrogens (tertiary/aromatic N) is 1. The second-order valence-corrected chi connectivity index (χ2v) is 7.00. The van der Waals surface area contributed by atoms with Crippen LogP contribution in [-0.2, 0) is 11.3 Å². The molecule has 0 bridgehead atoms. The number of carbonyl (C=O) groups excluding carboxylic acids is 1. The van der Waals surface area contributed by atoms with Crippen molar-refractivity contribution in [1.82, 2.24) is 4.90 Å². The van der Waals surface area contributed by atoms with Crippen LogP contribution in [0, 0.1) is 5.82 Å². The van der Waals surface area contributed by atoms with Gasteiger partial charge in [0.05, 0.1) is 32.1 Å². The molecule has 1 amide bonds. The van der Waals surface area contributed by atoms with Crippen LogP contribution >= 0.6 is 23.4 Å². The highest BCUT2D eigenvalue weighted by Gasteiger charge is 2.36. The molecule has 0 N–H and O–H groups in total. The summed E-state index contributed by atoms with van der Waals surface area (Å²) < 4.78 is 25.1. The van der Waals surface area contributed by atoms with Crippen molar-refractivity contribution in [1.29, 1.82) is 0 Å². The average Bonchev–Trinajstić information content (AvgIpc) is 2.96. The lowest BCUT2D eigenvalue weighted by atomic mass is 10.1. The van der Waals surface area contributed by atoms with E-state index in [4.69, 9.17) is 21.1 Å². The Morgan fingerprint density at radius 2 is 1.92 bits per heavy atom. The summed E-state index contributed by atoms with van der Waals surface area (Å²) in [5, 5.41) is 0.0139. The molecule has 0 spiro atoms. The highest BCUT2D eigenvalue weighted by Crippen LogP contribution is 2.47. The monoisotopic (exact) mass is 381 g/mol. The molecule has 7 heteroatoms.